The number of benzene rings is 1. The van der Waals surface area contributed by atoms with Crippen LogP contribution in [0.4, 0.5) is 10.1 Å². The Labute approximate surface area is 202 Å². The number of rotatable bonds is 7. The summed E-state index contributed by atoms with van der Waals surface area (Å²) in [5, 5.41) is 16.5. The number of anilines is 1. The van der Waals surface area contributed by atoms with Crippen molar-refractivity contribution in [3.63, 3.8) is 0 Å². The fraction of sp³-hybridized carbons (Fsp3) is 0.450. The van der Waals surface area contributed by atoms with Crippen molar-refractivity contribution in [3.8, 4) is 0 Å². The summed E-state index contributed by atoms with van der Waals surface area (Å²) in [6.07, 6.45) is -0.679. The average molecular weight is 569 g/mol. The van der Waals surface area contributed by atoms with Gasteiger partial charge in [0.15, 0.2) is 5.96 Å². The minimum absolute atomic E-state index is 0. The van der Waals surface area contributed by atoms with Gasteiger partial charge in [-0.1, -0.05) is 17.7 Å². The molecule has 0 bridgehead atoms. The quantitative estimate of drug-likeness (QED) is 0.270. The first-order chi connectivity index (χ1) is 14.1. The maximum Gasteiger partial charge on any atom is 0.191 e. The number of aliphatic imine (C=N–C) groups is 1. The number of hydrogen-bond acceptors (Lipinski definition) is 5. The molecule has 30 heavy (non-hydrogen) atoms. The fourth-order valence-corrected chi connectivity index (χ4v) is 4.07. The third-order valence-electron chi connectivity index (χ3n) is 4.51. The van der Waals surface area contributed by atoms with E-state index >= 15 is 0 Å². The van der Waals surface area contributed by atoms with Crippen LogP contribution in [-0.4, -0.2) is 50.5 Å². The van der Waals surface area contributed by atoms with E-state index in [0.717, 1.165) is 10.4 Å². The van der Waals surface area contributed by atoms with E-state index in [0.29, 0.717) is 61.9 Å². The summed E-state index contributed by atoms with van der Waals surface area (Å²) in [6, 6.07) is 8.79. The van der Waals surface area contributed by atoms with Crippen LogP contribution in [0.15, 0.2) is 35.3 Å². The van der Waals surface area contributed by atoms with Crippen LogP contribution in [0.25, 0.3) is 0 Å². The first-order valence-corrected chi connectivity index (χ1v) is 10.8. The van der Waals surface area contributed by atoms with E-state index in [9.17, 15) is 9.50 Å². The summed E-state index contributed by atoms with van der Waals surface area (Å²) in [7, 11) is 0. The number of aliphatic hydroxyl groups excluding tert-OH is 1. The first kappa shape index (κ1) is 25.1. The van der Waals surface area contributed by atoms with Gasteiger partial charge in [0.2, 0.25) is 0 Å². The van der Waals surface area contributed by atoms with Crippen LogP contribution in [0.5, 0.6) is 0 Å². The fourth-order valence-electron chi connectivity index (χ4n) is 3.02. The van der Waals surface area contributed by atoms with Crippen LogP contribution in [0, 0.1) is 5.82 Å². The molecular formula is C20H27ClFIN4O2S. The van der Waals surface area contributed by atoms with Crippen molar-refractivity contribution in [3.05, 3.63) is 50.9 Å². The van der Waals surface area contributed by atoms with Crippen molar-refractivity contribution in [2.75, 3.05) is 44.3 Å². The third-order valence-corrected chi connectivity index (χ3v) is 5.85. The van der Waals surface area contributed by atoms with E-state index in [4.69, 9.17) is 16.3 Å². The lowest BCUT2D eigenvalue weighted by atomic mass is 10.1. The maximum absolute atomic E-state index is 14.5. The van der Waals surface area contributed by atoms with Crippen LogP contribution >= 0.6 is 46.9 Å². The summed E-state index contributed by atoms with van der Waals surface area (Å²) in [5.41, 5.74) is 1.38. The number of hydrogen-bond donors (Lipinski definition) is 3. The second kappa shape index (κ2) is 12.7. The molecule has 2 heterocycles. The summed E-state index contributed by atoms with van der Waals surface area (Å²) < 4.78 is 20.5. The smallest absolute Gasteiger partial charge is 0.191 e. The van der Waals surface area contributed by atoms with Crippen molar-refractivity contribution >= 4 is 58.6 Å². The monoisotopic (exact) mass is 568 g/mol. The van der Waals surface area contributed by atoms with E-state index in [1.807, 2.05) is 24.0 Å². The number of guanidine groups is 1. The van der Waals surface area contributed by atoms with Gasteiger partial charge in [0.05, 0.1) is 29.8 Å². The molecule has 1 aromatic carbocycles. The molecule has 0 radical (unpaired) electrons. The molecule has 10 heteroatoms. The van der Waals surface area contributed by atoms with Crippen LogP contribution in [-0.2, 0) is 11.3 Å². The molecule has 1 aromatic heterocycles. The molecule has 0 saturated carbocycles. The molecule has 1 unspecified atom stereocenters. The number of nitrogens with one attached hydrogen (secondary N) is 2. The maximum atomic E-state index is 14.5. The van der Waals surface area contributed by atoms with Crippen LogP contribution in [0.1, 0.15) is 23.5 Å². The van der Waals surface area contributed by atoms with E-state index in [1.165, 1.54) is 17.4 Å². The van der Waals surface area contributed by atoms with Gasteiger partial charge in [-0.05, 0) is 36.8 Å². The van der Waals surface area contributed by atoms with Gasteiger partial charge in [-0.25, -0.2) is 9.38 Å². The Morgan fingerprint density at radius 3 is 2.70 bits per heavy atom. The zero-order valence-corrected chi connectivity index (χ0v) is 20.6. The number of aliphatic hydroxyl groups is 1. The highest BCUT2D eigenvalue weighted by atomic mass is 127. The van der Waals surface area contributed by atoms with Crippen molar-refractivity contribution in [2.45, 2.75) is 19.6 Å². The first-order valence-electron chi connectivity index (χ1n) is 9.63. The van der Waals surface area contributed by atoms with Crippen LogP contribution < -0.4 is 15.5 Å². The number of thiophene rings is 1. The predicted molar refractivity (Wildman–Crippen MR) is 132 cm³/mol. The van der Waals surface area contributed by atoms with E-state index in [-0.39, 0.29) is 29.8 Å². The van der Waals surface area contributed by atoms with Gasteiger partial charge >= 0.3 is 0 Å². The molecular weight excluding hydrogens is 542 g/mol. The lowest BCUT2D eigenvalue weighted by Gasteiger charge is -2.29. The SMILES string of the molecule is CCNC(=NCc1ccc(N2CCOCC2)c(F)c1)NCC(O)c1ccc(Cl)s1.I. The molecule has 3 rings (SSSR count). The molecule has 0 spiro atoms. The third kappa shape index (κ3) is 7.23. The zero-order valence-electron chi connectivity index (χ0n) is 16.7. The molecule has 3 N–H and O–H groups in total. The zero-order chi connectivity index (χ0) is 20.6. The lowest BCUT2D eigenvalue weighted by molar-refractivity contribution is 0.122. The second-order valence-corrected chi connectivity index (χ2v) is 8.37. The minimum atomic E-state index is -0.679. The van der Waals surface area contributed by atoms with Crippen LogP contribution in [0.3, 0.4) is 0 Å². The van der Waals surface area contributed by atoms with Gasteiger partial charge in [-0.2, -0.15) is 0 Å². The number of ether oxygens (including phenoxy) is 1. The Morgan fingerprint density at radius 1 is 1.30 bits per heavy atom. The van der Waals surface area contributed by atoms with E-state index in [2.05, 4.69) is 15.6 Å². The Morgan fingerprint density at radius 2 is 2.07 bits per heavy atom. The Hall–Kier alpha value is -1.14. The number of nitrogens with zero attached hydrogens (tertiary/aromatic N) is 2. The summed E-state index contributed by atoms with van der Waals surface area (Å²) in [5.74, 6) is 0.314. The topological polar surface area (TPSA) is 69.1 Å². The highest BCUT2D eigenvalue weighted by molar-refractivity contribution is 14.0. The van der Waals surface area contributed by atoms with Gasteiger partial charge in [-0.3, -0.25) is 0 Å². The van der Waals surface area contributed by atoms with Crippen molar-refractivity contribution in [1.82, 2.24) is 10.6 Å². The molecule has 1 saturated heterocycles. The lowest BCUT2D eigenvalue weighted by Crippen LogP contribution is -2.39. The largest absolute Gasteiger partial charge is 0.386 e. The molecule has 1 atom stereocenters. The Balaban J connectivity index is 0.00000320. The van der Waals surface area contributed by atoms with Crippen molar-refractivity contribution in [2.24, 2.45) is 4.99 Å². The standard InChI is InChI=1S/C20H26ClFN4O2S.HI/c1-2-23-20(25-13-17(27)18-5-6-19(21)29-18)24-12-14-3-4-16(15(22)11-14)26-7-9-28-10-8-26;/h3-6,11,17,27H,2,7-10,12-13H2,1H3,(H2,23,24,25);1H. The molecule has 1 aliphatic heterocycles. The predicted octanol–water partition coefficient (Wildman–Crippen LogP) is 3.78. The Kier molecular flexibility index (Phi) is 10.6. The number of morpholine rings is 1. The van der Waals surface area contributed by atoms with Gasteiger partial charge < -0.3 is 25.4 Å². The number of halogens is 3. The summed E-state index contributed by atoms with van der Waals surface area (Å²) in [4.78, 5) is 7.28. The molecule has 166 valence electrons. The second-order valence-electron chi connectivity index (χ2n) is 6.62. The molecule has 1 aliphatic rings. The van der Waals surface area contributed by atoms with Gasteiger partial charge in [-0.15, -0.1) is 35.3 Å². The highest BCUT2D eigenvalue weighted by Gasteiger charge is 2.15. The van der Waals surface area contributed by atoms with Crippen molar-refractivity contribution in [1.29, 1.82) is 0 Å². The van der Waals surface area contributed by atoms with Crippen molar-refractivity contribution < 1.29 is 14.2 Å². The molecule has 1 fully saturated rings. The van der Waals surface area contributed by atoms with Gasteiger partial charge in [0.1, 0.15) is 11.9 Å². The normalized spacial score (nSPS) is 15.5. The van der Waals surface area contributed by atoms with Gasteiger partial charge in [0.25, 0.3) is 0 Å². The molecule has 6 nitrogen and oxygen atoms in total. The summed E-state index contributed by atoms with van der Waals surface area (Å²) >= 11 is 7.27. The molecule has 0 amide bonds. The summed E-state index contributed by atoms with van der Waals surface area (Å²) in [6.45, 7) is 5.89. The average Bonchev–Trinajstić information content (AvgIpc) is 3.17. The molecule has 0 aliphatic carbocycles. The van der Waals surface area contributed by atoms with Gasteiger partial charge in [0, 0.05) is 31.1 Å². The molecule has 2 aromatic rings. The minimum Gasteiger partial charge on any atom is -0.386 e. The van der Waals surface area contributed by atoms with Crippen LogP contribution in [0.2, 0.25) is 4.34 Å². The highest BCUT2D eigenvalue weighted by Crippen LogP contribution is 2.26. The Bertz CT molecular complexity index is 833. The van der Waals surface area contributed by atoms with E-state index in [1.54, 1.807) is 12.1 Å². The van der Waals surface area contributed by atoms with E-state index < -0.39 is 6.10 Å².